The van der Waals surface area contributed by atoms with Crippen molar-refractivity contribution in [3.8, 4) is 0 Å². The Morgan fingerprint density at radius 3 is 2.45 bits per heavy atom. The molecule has 0 unspecified atom stereocenters. The Hall–Kier alpha value is -2.43. The first kappa shape index (κ1) is 19.9. The van der Waals surface area contributed by atoms with Crippen LogP contribution in [0.5, 0.6) is 0 Å². The number of carbonyl (C=O) groups excluding carboxylic acids is 3. The molecule has 0 spiro atoms. The maximum Gasteiger partial charge on any atom is 0.235 e. The fourth-order valence-electron chi connectivity index (χ4n) is 5.03. The molecule has 0 radical (unpaired) electrons. The quantitative estimate of drug-likeness (QED) is 0.732. The minimum atomic E-state index is -0.612. The van der Waals surface area contributed by atoms with E-state index < -0.39 is 23.3 Å². The Morgan fingerprint density at radius 1 is 1.10 bits per heavy atom. The summed E-state index contributed by atoms with van der Waals surface area (Å²) in [5.41, 5.74) is 2.52. The second kappa shape index (κ2) is 6.82. The van der Waals surface area contributed by atoms with Gasteiger partial charge < -0.3 is 4.90 Å². The number of benzene rings is 1. The summed E-state index contributed by atoms with van der Waals surface area (Å²) in [5, 5.41) is 0. The van der Waals surface area contributed by atoms with Gasteiger partial charge in [0, 0.05) is 17.6 Å². The van der Waals surface area contributed by atoms with Gasteiger partial charge in [0.05, 0.1) is 17.9 Å². The number of carbonyl (C=O) groups is 3. The van der Waals surface area contributed by atoms with Gasteiger partial charge >= 0.3 is 0 Å². The largest absolute Gasteiger partial charge is 0.353 e. The van der Waals surface area contributed by atoms with Crippen molar-refractivity contribution in [2.75, 3.05) is 11.4 Å². The fourth-order valence-corrected chi connectivity index (χ4v) is 5.03. The molecule has 3 aliphatic heterocycles. The van der Waals surface area contributed by atoms with Crippen LogP contribution in [0.1, 0.15) is 51.7 Å². The summed E-state index contributed by atoms with van der Waals surface area (Å²) in [7, 11) is 0. The highest BCUT2D eigenvalue weighted by molar-refractivity contribution is 6.11. The number of anilines is 1. The minimum absolute atomic E-state index is 0.0234. The second-order valence-electron chi connectivity index (χ2n) is 9.61. The van der Waals surface area contributed by atoms with Gasteiger partial charge in [0.25, 0.3) is 0 Å². The normalized spacial score (nSPS) is 27.9. The summed E-state index contributed by atoms with van der Waals surface area (Å²) in [5.74, 6) is -1.36. The predicted molar refractivity (Wildman–Crippen MR) is 113 cm³/mol. The molecule has 0 saturated carbocycles. The average Bonchev–Trinajstić information content (AvgIpc) is 3.12. The summed E-state index contributed by atoms with van der Waals surface area (Å²) in [6.45, 7) is 10.2. The summed E-state index contributed by atoms with van der Waals surface area (Å²) in [6.07, 6.45) is 5.76. The molecule has 154 valence electrons. The van der Waals surface area contributed by atoms with E-state index in [1.165, 1.54) is 4.90 Å². The highest BCUT2D eigenvalue weighted by Gasteiger charge is 2.64. The number of Topliss-reactive ketones (excluding diaryl/α,β-unsaturated/α-hetero) is 1. The molecular formula is C24H30N2O3. The van der Waals surface area contributed by atoms with E-state index in [9.17, 15) is 14.4 Å². The molecule has 1 aromatic rings. The van der Waals surface area contributed by atoms with Gasteiger partial charge in [0.1, 0.15) is 6.04 Å². The topological polar surface area (TPSA) is 57.7 Å². The lowest BCUT2D eigenvalue weighted by atomic mass is 9.79. The number of likely N-dealkylation sites (tertiary alicyclic amines) is 1. The number of fused-ring (bicyclic) bond motifs is 5. The molecule has 29 heavy (non-hydrogen) atoms. The number of aryl methyl sites for hydroxylation is 1. The van der Waals surface area contributed by atoms with Crippen molar-refractivity contribution < 1.29 is 14.4 Å². The second-order valence-corrected chi connectivity index (χ2v) is 9.61. The maximum atomic E-state index is 13.6. The van der Waals surface area contributed by atoms with Crippen molar-refractivity contribution in [3.63, 3.8) is 0 Å². The molecule has 4 atom stereocenters. The molecular weight excluding hydrogens is 364 g/mol. The lowest BCUT2D eigenvalue weighted by Crippen LogP contribution is -2.51. The molecule has 5 nitrogen and oxygen atoms in total. The van der Waals surface area contributed by atoms with Gasteiger partial charge in [-0.2, -0.15) is 0 Å². The van der Waals surface area contributed by atoms with Gasteiger partial charge in [-0.1, -0.05) is 57.9 Å². The first-order valence-electron chi connectivity index (χ1n) is 10.6. The number of amides is 2. The van der Waals surface area contributed by atoms with Crippen LogP contribution in [0, 0.1) is 24.2 Å². The third-order valence-corrected chi connectivity index (χ3v) is 6.50. The van der Waals surface area contributed by atoms with Gasteiger partial charge in [-0.05, 0) is 31.0 Å². The number of ketones is 1. The van der Waals surface area contributed by atoms with Crippen molar-refractivity contribution >= 4 is 29.4 Å². The van der Waals surface area contributed by atoms with E-state index in [1.807, 2.05) is 58.9 Å². The number of rotatable bonds is 4. The average molecular weight is 395 g/mol. The first-order chi connectivity index (χ1) is 13.7. The monoisotopic (exact) mass is 394 g/mol. The SMILES string of the molecule is CCCCN1C(=O)[C@H]2[C@H](C1=O)[C@H](C(=O)C(C)(C)C)N1c3ccc(C)cc3C=C[C@H]21. The molecule has 0 aromatic heterocycles. The van der Waals surface area contributed by atoms with Gasteiger partial charge in [0.2, 0.25) is 11.8 Å². The summed E-state index contributed by atoms with van der Waals surface area (Å²) in [4.78, 5) is 43.7. The highest BCUT2D eigenvalue weighted by atomic mass is 16.2. The first-order valence-corrected chi connectivity index (χ1v) is 10.6. The van der Waals surface area contributed by atoms with Crippen LogP contribution in [-0.4, -0.2) is 41.1 Å². The number of unbranched alkanes of at least 4 members (excludes halogenated alkanes) is 1. The van der Waals surface area contributed by atoms with E-state index in [0.717, 1.165) is 29.7 Å². The van der Waals surface area contributed by atoms with E-state index in [1.54, 1.807) is 0 Å². The Bertz CT molecular complexity index is 911. The molecule has 5 heteroatoms. The van der Waals surface area contributed by atoms with Crippen LogP contribution in [0.4, 0.5) is 5.69 Å². The van der Waals surface area contributed by atoms with E-state index in [-0.39, 0.29) is 23.6 Å². The maximum absolute atomic E-state index is 13.6. The van der Waals surface area contributed by atoms with E-state index >= 15 is 0 Å². The molecule has 2 amide bonds. The molecule has 0 aliphatic carbocycles. The van der Waals surface area contributed by atoms with E-state index in [0.29, 0.717) is 6.54 Å². The third-order valence-electron chi connectivity index (χ3n) is 6.50. The van der Waals surface area contributed by atoms with Crippen LogP contribution in [0.15, 0.2) is 24.3 Å². The van der Waals surface area contributed by atoms with E-state index in [2.05, 4.69) is 11.0 Å². The van der Waals surface area contributed by atoms with Crippen LogP contribution in [0.25, 0.3) is 6.08 Å². The number of nitrogens with zero attached hydrogens (tertiary/aromatic N) is 2. The van der Waals surface area contributed by atoms with Crippen LogP contribution in [-0.2, 0) is 14.4 Å². The third kappa shape index (κ3) is 2.93. The molecule has 2 saturated heterocycles. The molecule has 2 fully saturated rings. The van der Waals surface area contributed by atoms with Crippen molar-refractivity contribution in [1.29, 1.82) is 0 Å². The molecule has 0 N–H and O–H groups in total. The molecule has 3 aliphatic rings. The van der Waals surface area contributed by atoms with E-state index in [4.69, 9.17) is 0 Å². The van der Waals surface area contributed by atoms with Crippen LogP contribution in [0.3, 0.4) is 0 Å². The zero-order valence-corrected chi connectivity index (χ0v) is 17.9. The zero-order chi connectivity index (χ0) is 21.1. The van der Waals surface area contributed by atoms with Gasteiger partial charge in [-0.25, -0.2) is 0 Å². The summed E-state index contributed by atoms with van der Waals surface area (Å²) >= 11 is 0. The van der Waals surface area contributed by atoms with Crippen molar-refractivity contribution in [1.82, 2.24) is 4.90 Å². The number of imide groups is 1. The lowest BCUT2D eigenvalue weighted by molar-refractivity contribution is -0.142. The Kier molecular flexibility index (Phi) is 4.67. The highest BCUT2D eigenvalue weighted by Crippen LogP contribution is 2.49. The van der Waals surface area contributed by atoms with Gasteiger partial charge in [-0.15, -0.1) is 0 Å². The van der Waals surface area contributed by atoms with Gasteiger partial charge in [0.15, 0.2) is 5.78 Å². The standard InChI is InChI=1S/C24H30N2O3/c1-6-7-12-25-22(28)18-17-11-9-15-13-14(2)8-10-16(15)26(17)20(19(18)23(25)29)21(27)24(3,4)5/h8-11,13,17-20H,6-7,12H2,1-5H3/t17-,18-,19+,20-/m1/s1. The molecule has 0 bridgehead atoms. The Labute approximate surface area is 172 Å². The Balaban J connectivity index is 1.83. The lowest BCUT2D eigenvalue weighted by Gasteiger charge is -2.38. The summed E-state index contributed by atoms with van der Waals surface area (Å²) in [6, 6.07) is 5.27. The number of hydrogen-bond acceptors (Lipinski definition) is 4. The van der Waals surface area contributed by atoms with Gasteiger partial charge in [-0.3, -0.25) is 19.3 Å². The van der Waals surface area contributed by atoms with Crippen molar-refractivity contribution in [3.05, 3.63) is 35.4 Å². The molecule has 3 heterocycles. The Morgan fingerprint density at radius 2 is 1.79 bits per heavy atom. The van der Waals surface area contributed by atoms with Crippen LogP contribution < -0.4 is 4.90 Å². The predicted octanol–water partition coefficient (Wildman–Crippen LogP) is 3.60. The fraction of sp³-hybridized carbons (Fsp3) is 0.542. The van der Waals surface area contributed by atoms with Crippen LogP contribution in [0.2, 0.25) is 0 Å². The zero-order valence-electron chi connectivity index (χ0n) is 17.9. The van der Waals surface area contributed by atoms with Crippen molar-refractivity contribution in [2.45, 2.75) is 59.5 Å². The van der Waals surface area contributed by atoms with Crippen molar-refractivity contribution in [2.24, 2.45) is 17.3 Å². The minimum Gasteiger partial charge on any atom is -0.353 e. The molecule has 4 rings (SSSR count). The number of hydrogen-bond donors (Lipinski definition) is 0. The smallest absolute Gasteiger partial charge is 0.235 e. The van der Waals surface area contributed by atoms with Crippen LogP contribution >= 0.6 is 0 Å². The summed E-state index contributed by atoms with van der Waals surface area (Å²) < 4.78 is 0. The molecule has 1 aromatic carbocycles.